The number of pyridine rings is 1. The molecule has 0 atom stereocenters. The van der Waals surface area contributed by atoms with Gasteiger partial charge in [-0.2, -0.15) is 4.98 Å². The summed E-state index contributed by atoms with van der Waals surface area (Å²) in [7, 11) is 0. The molecule has 2 aromatic rings. The van der Waals surface area contributed by atoms with E-state index in [0.29, 0.717) is 11.7 Å². The molecule has 0 amide bonds. The number of nitrogens with zero attached hydrogens (tertiary/aromatic N) is 1. The lowest BCUT2D eigenvalue weighted by Crippen LogP contribution is -2.13. The molecule has 4 heteroatoms. The Bertz CT molecular complexity index is 618. The van der Waals surface area contributed by atoms with E-state index in [1.54, 1.807) is 6.07 Å². The van der Waals surface area contributed by atoms with Gasteiger partial charge < -0.3 is 10.2 Å². The highest BCUT2D eigenvalue weighted by atomic mass is 16.5. The van der Waals surface area contributed by atoms with Crippen molar-refractivity contribution in [3.63, 3.8) is 0 Å². The Balaban J connectivity index is 2.39. The van der Waals surface area contributed by atoms with Crippen LogP contribution in [0.3, 0.4) is 0 Å². The maximum Gasteiger partial charge on any atom is 0.221 e. The molecule has 1 aromatic heterocycles. The maximum atomic E-state index is 5.97. The number of ether oxygens (including phenoxy) is 1. The van der Waals surface area contributed by atoms with Crippen molar-refractivity contribution in [2.24, 2.45) is 5.84 Å². The fourth-order valence-corrected chi connectivity index (χ4v) is 2.14. The van der Waals surface area contributed by atoms with E-state index >= 15 is 0 Å². The lowest BCUT2D eigenvalue weighted by atomic mass is 9.85. The minimum absolute atomic E-state index is 0.00421. The molecular formula is C17H23N3O. The van der Waals surface area contributed by atoms with E-state index in [-0.39, 0.29) is 5.41 Å². The first-order chi connectivity index (χ1) is 9.94. The first-order valence-corrected chi connectivity index (χ1v) is 7.19. The van der Waals surface area contributed by atoms with Crippen LogP contribution in [0.2, 0.25) is 0 Å². The molecule has 21 heavy (non-hydrogen) atoms. The molecule has 0 aliphatic heterocycles. The molecule has 2 rings (SSSR count). The molecule has 0 radical (unpaired) electrons. The van der Waals surface area contributed by atoms with Crippen LogP contribution in [0.25, 0.3) is 0 Å². The number of nitrogens with two attached hydrogens (primary N) is 1. The summed E-state index contributed by atoms with van der Waals surface area (Å²) in [5, 5.41) is 0. The summed E-state index contributed by atoms with van der Waals surface area (Å²) in [6.07, 6.45) is 1.01. The molecule has 0 spiro atoms. The molecule has 3 N–H and O–H groups in total. The van der Waals surface area contributed by atoms with Gasteiger partial charge in [0.1, 0.15) is 11.6 Å². The lowest BCUT2D eigenvalue weighted by molar-refractivity contribution is 0.440. The van der Waals surface area contributed by atoms with Crippen LogP contribution in [0, 0.1) is 0 Å². The topological polar surface area (TPSA) is 60.2 Å². The van der Waals surface area contributed by atoms with Gasteiger partial charge in [0.05, 0.1) is 0 Å². The van der Waals surface area contributed by atoms with E-state index < -0.39 is 0 Å². The fraction of sp³-hybridized carbons (Fsp3) is 0.353. The lowest BCUT2D eigenvalue weighted by Gasteiger charge is -2.23. The van der Waals surface area contributed by atoms with Gasteiger partial charge in [0.25, 0.3) is 0 Å². The Hall–Kier alpha value is -2.07. The fourth-order valence-electron chi connectivity index (χ4n) is 2.14. The van der Waals surface area contributed by atoms with Crippen LogP contribution in [0.1, 0.15) is 38.8 Å². The van der Waals surface area contributed by atoms with Crippen LogP contribution in [-0.4, -0.2) is 4.98 Å². The Kier molecular flexibility index (Phi) is 4.48. The zero-order valence-electron chi connectivity index (χ0n) is 13.1. The quantitative estimate of drug-likeness (QED) is 0.658. The predicted molar refractivity (Wildman–Crippen MR) is 86.6 cm³/mol. The third-order valence-corrected chi connectivity index (χ3v) is 3.35. The maximum absolute atomic E-state index is 5.97. The number of aryl methyl sites for hydroxylation is 1. The summed E-state index contributed by atoms with van der Waals surface area (Å²) in [4.78, 5) is 4.29. The van der Waals surface area contributed by atoms with Crippen molar-refractivity contribution in [2.45, 2.75) is 39.5 Å². The van der Waals surface area contributed by atoms with Crippen LogP contribution >= 0.6 is 0 Å². The number of nitrogens with one attached hydrogen (secondary N) is 1. The Labute approximate surface area is 126 Å². The molecule has 0 saturated heterocycles. The SMILES string of the molecule is CCc1ccc(Oc2cccc(NN)n2)c(C(C)(C)C)c1. The average molecular weight is 285 g/mol. The summed E-state index contributed by atoms with van der Waals surface area (Å²) < 4.78 is 5.97. The zero-order valence-corrected chi connectivity index (χ0v) is 13.1. The van der Waals surface area contributed by atoms with Gasteiger partial charge in [0.15, 0.2) is 0 Å². The monoisotopic (exact) mass is 285 g/mol. The molecule has 0 saturated carbocycles. The number of rotatable bonds is 4. The van der Waals surface area contributed by atoms with E-state index in [1.807, 2.05) is 18.2 Å². The molecule has 0 fully saturated rings. The molecule has 4 nitrogen and oxygen atoms in total. The van der Waals surface area contributed by atoms with Crippen LogP contribution in [-0.2, 0) is 11.8 Å². The zero-order chi connectivity index (χ0) is 15.5. The molecule has 1 aromatic carbocycles. The highest BCUT2D eigenvalue weighted by molar-refractivity contribution is 5.44. The summed E-state index contributed by atoms with van der Waals surface area (Å²) in [5.41, 5.74) is 5.01. The molecular weight excluding hydrogens is 262 g/mol. The number of aromatic nitrogens is 1. The summed E-state index contributed by atoms with van der Waals surface area (Å²) in [6, 6.07) is 11.8. The van der Waals surface area contributed by atoms with Crippen LogP contribution < -0.4 is 16.0 Å². The van der Waals surface area contributed by atoms with Gasteiger partial charge in [-0.05, 0) is 29.5 Å². The molecule has 0 aliphatic carbocycles. The third kappa shape index (κ3) is 3.73. The van der Waals surface area contributed by atoms with Gasteiger partial charge in [-0.1, -0.05) is 45.9 Å². The summed E-state index contributed by atoms with van der Waals surface area (Å²) in [6.45, 7) is 8.69. The van der Waals surface area contributed by atoms with Crippen molar-refractivity contribution in [1.82, 2.24) is 4.98 Å². The number of hydrazine groups is 1. The van der Waals surface area contributed by atoms with E-state index in [9.17, 15) is 0 Å². The van der Waals surface area contributed by atoms with E-state index in [2.05, 4.69) is 50.2 Å². The van der Waals surface area contributed by atoms with E-state index in [1.165, 1.54) is 11.1 Å². The van der Waals surface area contributed by atoms with Gasteiger partial charge in [-0.15, -0.1) is 0 Å². The molecule has 0 aliphatic rings. The van der Waals surface area contributed by atoms with Gasteiger partial charge in [-0.3, -0.25) is 0 Å². The second kappa shape index (κ2) is 6.14. The van der Waals surface area contributed by atoms with Crippen LogP contribution in [0.5, 0.6) is 11.6 Å². The van der Waals surface area contributed by atoms with E-state index in [4.69, 9.17) is 10.6 Å². The highest BCUT2D eigenvalue weighted by Crippen LogP contribution is 2.34. The standard InChI is InChI=1S/C17H23N3O/c1-5-12-9-10-14(13(11-12)17(2,3)4)21-16-8-6-7-15(19-16)20-18/h6-11H,5,18H2,1-4H3,(H,19,20). The minimum Gasteiger partial charge on any atom is -0.439 e. The Morgan fingerprint density at radius 1 is 1.19 bits per heavy atom. The molecule has 0 bridgehead atoms. The molecule has 0 unspecified atom stereocenters. The van der Waals surface area contributed by atoms with Crippen molar-refractivity contribution >= 4 is 5.82 Å². The second-order valence-corrected chi connectivity index (χ2v) is 6.04. The van der Waals surface area contributed by atoms with Crippen LogP contribution in [0.4, 0.5) is 5.82 Å². The van der Waals surface area contributed by atoms with E-state index in [0.717, 1.165) is 12.2 Å². The summed E-state index contributed by atoms with van der Waals surface area (Å²) in [5.74, 6) is 7.32. The van der Waals surface area contributed by atoms with Crippen LogP contribution in [0.15, 0.2) is 36.4 Å². The van der Waals surface area contributed by atoms with Crippen molar-refractivity contribution in [3.05, 3.63) is 47.5 Å². The van der Waals surface area contributed by atoms with Gasteiger partial charge >= 0.3 is 0 Å². The smallest absolute Gasteiger partial charge is 0.221 e. The first kappa shape index (κ1) is 15.3. The number of hydrogen-bond donors (Lipinski definition) is 2. The Morgan fingerprint density at radius 3 is 2.57 bits per heavy atom. The van der Waals surface area contributed by atoms with Crippen molar-refractivity contribution in [1.29, 1.82) is 0 Å². The van der Waals surface area contributed by atoms with Gasteiger partial charge in [-0.25, -0.2) is 5.84 Å². The first-order valence-electron chi connectivity index (χ1n) is 7.19. The third-order valence-electron chi connectivity index (χ3n) is 3.35. The minimum atomic E-state index is 0.00421. The number of benzene rings is 1. The van der Waals surface area contributed by atoms with Crippen molar-refractivity contribution in [3.8, 4) is 11.6 Å². The summed E-state index contributed by atoms with van der Waals surface area (Å²) >= 11 is 0. The average Bonchev–Trinajstić information content (AvgIpc) is 2.46. The molecule has 112 valence electrons. The highest BCUT2D eigenvalue weighted by Gasteiger charge is 2.20. The number of nitrogen functional groups attached to an aromatic ring is 1. The van der Waals surface area contributed by atoms with Crippen molar-refractivity contribution in [2.75, 3.05) is 5.43 Å². The number of anilines is 1. The Morgan fingerprint density at radius 2 is 1.95 bits per heavy atom. The second-order valence-electron chi connectivity index (χ2n) is 6.04. The molecule has 1 heterocycles. The predicted octanol–water partition coefficient (Wildman–Crippen LogP) is 4.02. The van der Waals surface area contributed by atoms with Crippen molar-refractivity contribution < 1.29 is 4.74 Å². The largest absolute Gasteiger partial charge is 0.439 e. The number of hydrogen-bond acceptors (Lipinski definition) is 4. The van der Waals surface area contributed by atoms with Gasteiger partial charge in [0.2, 0.25) is 5.88 Å². The van der Waals surface area contributed by atoms with Gasteiger partial charge in [0, 0.05) is 11.6 Å². The normalized spacial score (nSPS) is 11.3.